The van der Waals surface area contributed by atoms with Crippen molar-refractivity contribution in [1.29, 1.82) is 0 Å². The summed E-state index contributed by atoms with van der Waals surface area (Å²) in [4.78, 5) is 0. The Kier molecular flexibility index (Phi) is 3.59. The monoisotopic (exact) mass is 197 g/mol. The zero-order chi connectivity index (χ0) is 10.6. The molecule has 0 spiro atoms. The molecular formula is C10H15NO3. The lowest BCUT2D eigenvalue weighted by Gasteiger charge is -2.11. The number of ether oxygens (including phenoxy) is 2. The molecule has 0 amide bonds. The summed E-state index contributed by atoms with van der Waals surface area (Å²) < 4.78 is 10.1. The molecule has 0 heterocycles. The van der Waals surface area contributed by atoms with Gasteiger partial charge in [0.1, 0.15) is 5.75 Å². The molecule has 0 aliphatic heterocycles. The summed E-state index contributed by atoms with van der Waals surface area (Å²) in [6.45, 7) is 0.532. The number of phenols is 1. The standard InChI is InChI=1S/C10H15NO3/c1-13-9-6-8(12)10(14-2)5-7(9)3-4-11/h5-6,12H,3-4,11H2,1-2H3. The summed E-state index contributed by atoms with van der Waals surface area (Å²) in [5.74, 6) is 1.15. The average molecular weight is 197 g/mol. The lowest BCUT2D eigenvalue weighted by atomic mass is 10.1. The Balaban J connectivity index is 3.11. The van der Waals surface area contributed by atoms with Crippen molar-refractivity contribution in [1.82, 2.24) is 0 Å². The van der Waals surface area contributed by atoms with E-state index in [4.69, 9.17) is 15.2 Å². The molecule has 0 aliphatic carbocycles. The van der Waals surface area contributed by atoms with Crippen molar-refractivity contribution in [3.63, 3.8) is 0 Å². The third-order valence-electron chi connectivity index (χ3n) is 2.00. The minimum absolute atomic E-state index is 0.0742. The zero-order valence-corrected chi connectivity index (χ0v) is 8.41. The molecule has 0 radical (unpaired) electrons. The van der Waals surface area contributed by atoms with Crippen molar-refractivity contribution in [2.45, 2.75) is 6.42 Å². The largest absolute Gasteiger partial charge is 0.504 e. The topological polar surface area (TPSA) is 64.7 Å². The Labute approximate surface area is 83.3 Å². The molecular weight excluding hydrogens is 182 g/mol. The van der Waals surface area contributed by atoms with Gasteiger partial charge in [0.2, 0.25) is 0 Å². The predicted molar refractivity (Wildman–Crippen MR) is 54.0 cm³/mol. The third kappa shape index (κ3) is 2.09. The molecule has 14 heavy (non-hydrogen) atoms. The molecule has 0 aliphatic rings. The first-order valence-corrected chi connectivity index (χ1v) is 4.36. The minimum atomic E-state index is 0.0742. The quantitative estimate of drug-likeness (QED) is 0.753. The van der Waals surface area contributed by atoms with Crippen LogP contribution in [0.4, 0.5) is 0 Å². The van der Waals surface area contributed by atoms with Gasteiger partial charge < -0.3 is 20.3 Å². The van der Waals surface area contributed by atoms with Gasteiger partial charge in [0.05, 0.1) is 14.2 Å². The van der Waals surface area contributed by atoms with Gasteiger partial charge in [-0.05, 0) is 24.6 Å². The van der Waals surface area contributed by atoms with E-state index in [0.717, 1.165) is 5.56 Å². The molecule has 1 rings (SSSR count). The van der Waals surface area contributed by atoms with E-state index in [1.807, 2.05) is 0 Å². The van der Waals surface area contributed by atoms with Crippen LogP contribution in [0.1, 0.15) is 5.56 Å². The van der Waals surface area contributed by atoms with Gasteiger partial charge >= 0.3 is 0 Å². The number of rotatable bonds is 4. The van der Waals surface area contributed by atoms with E-state index in [0.29, 0.717) is 24.5 Å². The molecule has 0 fully saturated rings. The average Bonchev–Trinajstić information content (AvgIpc) is 2.20. The number of hydrogen-bond acceptors (Lipinski definition) is 4. The summed E-state index contributed by atoms with van der Waals surface area (Å²) >= 11 is 0. The van der Waals surface area contributed by atoms with E-state index in [1.165, 1.54) is 13.2 Å². The van der Waals surface area contributed by atoms with Gasteiger partial charge in [-0.1, -0.05) is 0 Å². The van der Waals surface area contributed by atoms with E-state index >= 15 is 0 Å². The summed E-state index contributed by atoms with van der Waals surface area (Å²) in [6, 6.07) is 3.27. The third-order valence-corrected chi connectivity index (χ3v) is 2.00. The fourth-order valence-electron chi connectivity index (χ4n) is 1.30. The smallest absolute Gasteiger partial charge is 0.161 e. The SMILES string of the molecule is COc1cc(CCN)c(OC)cc1O. The highest BCUT2D eigenvalue weighted by atomic mass is 16.5. The second kappa shape index (κ2) is 4.72. The number of aromatic hydroxyl groups is 1. The number of methoxy groups -OCH3 is 2. The fourth-order valence-corrected chi connectivity index (χ4v) is 1.30. The number of nitrogens with two attached hydrogens (primary N) is 1. The molecule has 1 aromatic carbocycles. The van der Waals surface area contributed by atoms with Gasteiger partial charge in [-0.15, -0.1) is 0 Å². The van der Waals surface area contributed by atoms with Crippen molar-refractivity contribution < 1.29 is 14.6 Å². The van der Waals surface area contributed by atoms with Crippen LogP contribution in [0.5, 0.6) is 17.2 Å². The number of benzene rings is 1. The highest BCUT2D eigenvalue weighted by Crippen LogP contribution is 2.33. The van der Waals surface area contributed by atoms with Crippen molar-refractivity contribution in [2.24, 2.45) is 5.73 Å². The molecule has 78 valence electrons. The molecule has 3 N–H and O–H groups in total. The van der Waals surface area contributed by atoms with Crippen LogP contribution in [0, 0.1) is 0 Å². The molecule has 0 bridgehead atoms. The summed E-state index contributed by atoms with van der Waals surface area (Å²) in [5.41, 5.74) is 6.39. The molecule has 0 unspecified atom stereocenters. The molecule has 0 saturated heterocycles. The van der Waals surface area contributed by atoms with Crippen LogP contribution < -0.4 is 15.2 Å². The Morgan fingerprint density at radius 2 is 1.86 bits per heavy atom. The van der Waals surface area contributed by atoms with Gasteiger partial charge in [-0.25, -0.2) is 0 Å². The number of phenolic OH excluding ortho intramolecular Hbond substituents is 1. The van der Waals surface area contributed by atoms with Crippen molar-refractivity contribution in [3.05, 3.63) is 17.7 Å². The second-order valence-corrected chi connectivity index (χ2v) is 2.87. The van der Waals surface area contributed by atoms with Gasteiger partial charge in [0, 0.05) is 6.07 Å². The molecule has 0 saturated carbocycles. The maximum absolute atomic E-state index is 9.48. The summed E-state index contributed by atoms with van der Waals surface area (Å²) in [5, 5.41) is 9.48. The highest BCUT2D eigenvalue weighted by Gasteiger charge is 2.09. The Morgan fingerprint density at radius 1 is 1.21 bits per heavy atom. The molecule has 0 atom stereocenters. The van der Waals surface area contributed by atoms with Crippen molar-refractivity contribution >= 4 is 0 Å². The van der Waals surface area contributed by atoms with Crippen LogP contribution in [0.2, 0.25) is 0 Å². The maximum atomic E-state index is 9.48. The lowest BCUT2D eigenvalue weighted by molar-refractivity contribution is 0.364. The highest BCUT2D eigenvalue weighted by molar-refractivity contribution is 5.49. The summed E-state index contributed by atoms with van der Waals surface area (Å²) in [7, 11) is 3.06. The molecule has 4 heteroatoms. The summed E-state index contributed by atoms with van der Waals surface area (Å²) in [6.07, 6.45) is 0.694. The van der Waals surface area contributed by atoms with E-state index in [9.17, 15) is 5.11 Å². The van der Waals surface area contributed by atoms with Gasteiger partial charge in [-0.3, -0.25) is 0 Å². The van der Waals surface area contributed by atoms with Crippen LogP contribution in [-0.4, -0.2) is 25.9 Å². The van der Waals surface area contributed by atoms with Crippen molar-refractivity contribution in [2.75, 3.05) is 20.8 Å². The Hall–Kier alpha value is -1.42. The maximum Gasteiger partial charge on any atom is 0.161 e. The van der Waals surface area contributed by atoms with Crippen LogP contribution in [0.25, 0.3) is 0 Å². The van der Waals surface area contributed by atoms with Crippen LogP contribution >= 0.6 is 0 Å². The minimum Gasteiger partial charge on any atom is -0.504 e. The normalized spacial score (nSPS) is 9.93. The molecule has 0 aromatic heterocycles. The van der Waals surface area contributed by atoms with Gasteiger partial charge in [0.15, 0.2) is 11.5 Å². The number of hydrogen-bond donors (Lipinski definition) is 2. The first-order valence-electron chi connectivity index (χ1n) is 4.36. The van der Waals surface area contributed by atoms with E-state index in [2.05, 4.69) is 0 Å². The fraction of sp³-hybridized carbons (Fsp3) is 0.400. The van der Waals surface area contributed by atoms with Crippen LogP contribution in [0.15, 0.2) is 12.1 Å². The van der Waals surface area contributed by atoms with E-state index in [1.54, 1.807) is 13.2 Å². The van der Waals surface area contributed by atoms with Gasteiger partial charge in [-0.2, -0.15) is 0 Å². The van der Waals surface area contributed by atoms with Crippen molar-refractivity contribution in [3.8, 4) is 17.2 Å². The van der Waals surface area contributed by atoms with Crippen LogP contribution in [0.3, 0.4) is 0 Å². The zero-order valence-electron chi connectivity index (χ0n) is 8.41. The van der Waals surface area contributed by atoms with E-state index in [-0.39, 0.29) is 5.75 Å². The second-order valence-electron chi connectivity index (χ2n) is 2.87. The lowest BCUT2D eigenvalue weighted by Crippen LogP contribution is -2.04. The van der Waals surface area contributed by atoms with Crippen LogP contribution in [-0.2, 0) is 6.42 Å². The van der Waals surface area contributed by atoms with E-state index < -0.39 is 0 Å². The van der Waals surface area contributed by atoms with Gasteiger partial charge in [0.25, 0.3) is 0 Å². The Morgan fingerprint density at radius 3 is 2.36 bits per heavy atom. The predicted octanol–water partition coefficient (Wildman–Crippen LogP) is 0.911. The molecule has 4 nitrogen and oxygen atoms in total. The molecule has 1 aromatic rings. The Bertz CT molecular complexity index is 312. The first-order chi connectivity index (χ1) is 6.72. The first kappa shape index (κ1) is 10.7.